The van der Waals surface area contributed by atoms with E-state index in [1.807, 2.05) is 32.0 Å². The molecule has 4 nitrogen and oxygen atoms in total. The number of nitrogens with zero attached hydrogens (tertiary/aromatic N) is 1. The van der Waals surface area contributed by atoms with Crippen LogP contribution in [0.15, 0.2) is 18.2 Å². The molecule has 5 heteroatoms. The highest BCUT2D eigenvalue weighted by molar-refractivity contribution is 8.00. The molecule has 1 aromatic rings. The van der Waals surface area contributed by atoms with Gasteiger partial charge >= 0.3 is 5.97 Å². The van der Waals surface area contributed by atoms with Crippen molar-refractivity contribution in [2.24, 2.45) is 0 Å². The number of carbonyl (C=O) groups excluding carboxylic acids is 1. The topological polar surface area (TPSA) is 57.6 Å². The van der Waals surface area contributed by atoms with Gasteiger partial charge in [-0.05, 0) is 31.4 Å². The van der Waals surface area contributed by atoms with Crippen LogP contribution in [0.2, 0.25) is 0 Å². The Morgan fingerprint density at radius 1 is 1.33 bits per heavy atom. The molecule has 0 radical (unpaired) electrons. The zero-order chi connectivity index (χ0) is 15.6. The van der Waals surface area contributed by atoms with Crippen LogP contribution in [0, 0.1) is 13.8 Å². The molecule has 1 N–H and O–H groups in total. The van der Waals surface area contributed by atoms with Gasteiger partial charge < -0.3 is 10.0 Å². The Bertz CT molecular complexity index is 538. The number of aliphatic carboxylic acids is 1. The van der Waals surface area contributed by atoms with Crippen molar-refractivity contribution < 1.29 is 14.7 Å². The maximum absolute atomic E-state index is 12.9. The third-order valence-electron chi connectivity index (χ3n) is 3.84. The highest BCUT2D eigenvalue weighted by Gasteiger charge is 2.41. The molecule has 114 valence electrons. The molecule has 2 unspecified atom stereocenters. The Morgan fingerprint density at radius 3 is 2.48 bits per heavy atom. The predicted molar refractivity (Wildman–Crippen MR) is 84.7 cm³/mol. The van der Waals surface area contributed by atoms with Crippen molar-refractivity contribution in [2.75, 3.05) is 5.75 Å². The highest BCUT2D eigenvalue weighted by Crippen LogP contribution is 2.34. The second-order valence-corrected chi connectivity index (χ2v) is 6.62. The maximum atomic E-state index is 12.9. The van der Waals surface area contributed by atoms with Gasteiger partial charge in [0.25, 0.3) is 5.91 Å². The van der Waals surface area contributed by atoms with Crippen molar-refractivity contribution in [3.05, 3.63) is 34.9 Å². The minimum atomic E-state index is -0.916. The van der Waals surface area contributed by atoms with Crippen LogP contribution in [0.5, 0.6) is 0 Å². The fraction of sp³-hybridized carbons (Fsp3) is 0.500. The van der Waals surface area contributed by atoms with E-state index in [2.05, 4.69) is 6.92 Å². The number of aryl methyl sites for hydroxylation is 2. The molecule has 2 rings (SSSR count). The van der Waals surface area contributed by atoms with Crippen LogP contribution in [0.3, 0.4) is 0 Å². The van der Waals surface area contributed by atoms with Crippen molar-refractivity contribution in [2.45, 2.75) is 45.0 Å². The van der Waals surface area contributed by atoms with Gasteiger partial charge in [0.2, 0.25) is 0 Å². The smallest absolute Gasteiger partial charge is 0.327 e. The van der Waals surface area contributed by atoms with Gasteiger partial charge in [-0.3, -0.25) is 4.79 Å². The van der Waals surface area contributed by atoms with Crippen molar-refractivity contribution in [1.29, 1.82) is 0 Å². The molecule has 0 aliphatic carbocycles. The fourth-order valence-electron chi connectivity index (χ4n) is 2.78. The van der Waals surface area contributed by atoms with Gasteiger partial charge in [-0.25, -0.2) is 4.79 Å². The van der Waals surface area contributed by atoms with Crippen LogP contribution in [0.25, 0.3) is 0 Å². The van der Waals surface area contributed by atoms with E-state index in [4.69, 9.17) is 0 Å². The van der Waals surface area contributed by atoms with Crippen LogP contribution in [-0.4, -0.2) is 39.1 Å². The average molecular weight is 307 g/mol. The summed E-state index contributed by atoms with van der Waals surface area (Å²) in [7, 11) is 0. The van der Waals surface area contributed by atoms with Crippen LogP contribution < -0.4 is 0 Å². The second kappa shape index (κ2) is 6.52. The first-order chi connectivity index (χ1) is 9.97. The minimum absolute atomic E-state index is 0.0393. The summed E-state index contributed by atoms with van der Waals surface area (Å²) in [4.78, 5) is 26.0. The molecule has 0 saturated carbocycles. The van der Waals surface area contributed by atoms with Gasteiger partial charge in [-0.2, -0.15) is 0 Å². The van der Waals surface area contributed by atoms with Gasteiger partial charge in [-0.1, -0.05) is 31.5 Å². The molecule has 1 fully saturated rings. The molecule has 0 spiro atoms. The van der Waals surface area contributed by atoms with Crippen molar-refractivity contribution >= 4 is 23.6 Å². The van der Waals surface area contributed by atoms with Crippen LogP contribution in [-0.2, 0) is 4.79 Å². The number of amides is 1. The monoisotopic (exact) mass is 307 g/mol. The Labute approximate surface area is 129 Å². The average Bonchev–Trinajstić information content (AvgIpc) is 2.82. The normalized spacial score (nSPS) is 21.6. The lowest BCUT2D eigenvalue weighted by Crippen LogP contribution is -2.46. The Kier molecular flexibility index (Phi) is 4.93. The molecule has 1 aliphatic heterocycles. The van der Waals surface area contributed by atoms with Crippen LogP contribution in [0.4, 0.5) is 0 Å². The SMILES string of the molecule is CCCC1SCC(C(=O)O)N1C(=O)c1c(C)cccc1C. The third kappa shape index (κ3) is 3.07. The third-order valence-corrected chi connectivity index (χ3v) is 5.20. The Hall–Kier alpha value is -1.49. The highest BCUT2D eigenvalue weighted by atomic mass is 32.2. The van der Waals surface area contributed by atoms with Gasteiger partial charge in [0.15, 0.2) is 0 Å². The van der Waals surface area contributed by atoms with Crippen molar-refractivity contribution in [3.8, 4) is 0 Å². The summed E-state index contributed by atoms with van der Waals surface area (Å²) in [6.07, 6.45) is 1.76. The lowest BCUT2D eigenvalue weighted by Gasteiger charge is -2.28. The molecular weight excluding hydrogens is 286 g/mol. The summed E-state index contributed by atoms with van der Waals surface area (Å²) < 4.78 is 0. The van der Waals surface area contributed by atoms with Crippen LogP contribution in [0.1, 0.15) is 41.3 Å². The summed E-state index contributed by atoms with van der Waals surface area (Å²) in [5.74, 6) is -0.599. The number of carboxylic acids is 1. The number of hydrogen-bond donors (Lipinski definition) is 1. The van der Waals surface area contributed by atoms with E-state index >= 15 is 0 Å². The first kappa shape index (κ1) is 15.9. The van der Waals surface area contributed by atoms with E-state index in [-0.39, 0.29) is 11.3 Å². The molecule has 1 aliphatic rings. The maximum Gasteiger partial charge on any atom is 0.327 e. The molecule has 0 aromatic heterocycles. The number of benzene rings is 1. The summed E-state index contributed by atoms with van der Waals surface area (Å²) in [5.41, 5.74) is 2.44. The van der Waals surface area contributed by atoms with Crippen molar-refractivity contribution in [1.82, 2.24) is 4.90 Å². The van der Waals surface area contributed by atoms with E-state index in [9.17, 15) is 14.7 Å². The van der Waals surface area contributed by atoms with Gasteiger partial charge in [0.05, 0.1) is 5.37 Å². The first-order valence-corrected chi connectivity index (χ1v) is 8.25. The molecule has 1 amide bonds. The van der Waals surface area contributed by atoms with E-state index in [1.54, 1.807) is 16.7 Å². The fourth-order valence-corrected chi connectivity index (χ4v) is 4.29. The molecule has 1 aromatic carbocycles. The molecule has 0 bridgehead atoms. The summed E-state index contributed by atoms with van der Waals surface area (Å²) in [5, 5.41) is 9.36. The minimum Gasteiger partial charge on any atom is -0.480 e. The molecule has 21 heavy (non-hydrogen) atoms. The lowest BCUT2D eigenvalue weighted by atomic mass is 10.0. The first-order valence-electron chi connectivity index (χ1n) is 7.20. The molecule has 2 atom stereocenters. The molecular formula is C16H21NO3S. The standard InChI is InChI=1S/C16H21NO3S/c1-4-6-13-17(12(9-21-13)16(19)20)15(18)14-10(2)7-5-8-11(14)3/h5,7-8,12-13H,4,6,9H2,1-3H3,(H,19,20). The predicted octanol–water partition coefficient (Wildman–Crippen LogP) is 3.07. The summed E-state index contributed by atoms with van der Waals surface area (Å²) in [6, 6.07) is 4.98. The van der Waals surface area contributed by atoms with Crippen LogP contribution >= 0.6 is 11.8 Å². The second-order valence-electron chi connectivity index (χ2n) is 5.41. The Balaban J connectivity index is 2.39. The van der Waals surface area contributed by atoms with E-state index in [0.717, 1.165) is 24.0 Å². The number of hydrogen-bond acceptors (Lipinski definition) is 3. The van der Waals surface area contributed by atoms with Crippen molar-refractivity contribution in [3.63, 3.8) is 0 Å². The van der Waals surface area contributed by atoms with Gasteiger partial charge in [-0.15, -0.1) is 11.8 Å². The summed E-state index contributed by atoms with van der Waals surface area (Å²) in [6.45, 7) is 5.85. The van der Waals surface area contributed by atoms with Gasteiger partial charge in [0.1, 0.15) is 6.04 Å². The number of carboxylic acid groups (broad SMARTS) is 1. The number of rotatable bonds is 4. The quantitative estimate of drug-likeness (QED) is 0.929. The Morgan fingerprint density at radius 2 is 1.95 bits per heavy atom. The molecule has 1 saturated heterocycles. The number of carbonyl (C=O) groups is 2. The molecule has 1 heterocycles. The summed E-state index contributed by atoms with van der Waals surface area (Å²) >= 11 is 1.57. The van der Waals surface area contributed by atoms with E-state index in [0.29, 0.717) is 11.3 Å². The van der Waals surface area contributed by atoms with E-state index < -0.39 is 12.0 Å². The lowest BCUT2D eigenvalue weighted by molar-refractivity contribution is -0.141. The zero-order valence-electron chi connectivity index (χ0n) is 12.6. The number of thioether (sulfide) groups is 1. The van der Waals surface area contributed by atoms with E-state index in [1.165, 1.54) is 0 Å². The largest absolute Gasteiger partial charge is 0.480 e. The zero-order valence-corrected chi connectivity index (χ0v) is 13.4. The van der Waals surface area contributed by atoms with Gasteiger partial charge in [0, 0.05) is 11.3 Å².